The first-order valence-electron chi connectivity index (χ1n) is 8.26. The first-order chi connectivity index (χ1) is 11.1. The van der Waals surface area contributed by atoms with Crippen molar-refractivity contribution in [2.24, 2.45) is 0 Å². The largest absolute Gasteiger partial charge is 0.486 e. The van der Waals surface area contributed by atoms with Crippen molar-refractivity contribution in [2.75, 3.05) is 50.6 Å². The molecule has 1 unspecified atom stereocenters. The number of fused-ring (bicyclic) bond motifs is 2. The van der Waals surface area contributed by atoms with Crippen molar-refractivity contribution >= 4 is 17.3 Å². The summed E-state index contributed by atoms with van der Waals surface area (Å²) in [6, 6.07) is 3.71. The van der Waals surface area contributed by atoms with Gasteiger partial charge in [-0.15, -0.1) is 0 Å². The van der Waals surface area contributed by atoms with Crippen LogP contribution in [0.2, 0.25) is 0 Å². The SMILES string of the molecule is CCC1Nc2cc3c(cc2N(CCCN(C)C)C1=O)OCCO3. The summed E-state index contributed by atoms with van der Waals surface area (Å²) in [4.78, 5) is 16.8. The Kier molecular flexibility index (Phi) is 4.61. The predicted octanol–water partition coefficient (Wildman–Crippen LogP) is 1.95. The third-order valence-corrected chi connectivity index (χ3v) is 4.24. The van der Waals surface area contributed by atoms with Gasteiger partial charge in [0.05, 0.1) is 11.4 Å². The van der Waals surface area contributed by atoms with E-state index in [1.165, 1.54) is 0 Å². The summed E-state index contributed by atoms with van der Waals surface area (Å²) in [6.07, 6.45) is 1.69. The van der Waals surface area contributed by atoms with Gasteiger partial charge in [-0.05, 0) is 33.5 Å². The van der Waals surface area contributed by atoms with Crippen LogP contribution in [-0.2, 0) is 4.79 Å². The lowest BCUT2D eigenvalue weighted by molar-refractivity contribution is -0.119. The summed E-state index contributed by atoms with van der Waals surface area (Å²) in [5.41, 5.74) is 1.84. The van der Waals surface area contributed by atoms with E-state index in [2.05, 4.69) is 10.2 Å². The van der Waals surface area contributed by atoms with Crippen molar-refractivity contribution in [3.05, 3.63) is 12.1 Å². The van der Waals surface area contributed by atoms with Gasteiger partial charge in [-0.3, -0.25) is 4.79 Å². The van der Waals surface area contributed by atoms with Crippen LogP contribution in [-0.4, -0.2) is 57.2 Å². The minimum atomic E-state index is -0.176. The molecule has 0 aliphatic carbocycles. The maximum absolute atomic E-state index is 12.7. The Balaban J connectivity index is 1.90. The van der Waals surface area contributed by atoms with Gasteiger partial charge in [0.15, 0.2) is 11.5 Å². The Morgan fingerprint density at radius 3 is 2.61 bits per heavy atom. The van der Waals surface area contributed by atoms with Crippen molar-refractivity contribution in [3.8, 4) is 11.5 Å². The van der Waals surface area contributed by atoms with Crippen molar-refractivity contribution < 1.29 is 14.3 Å². The molecule has 2 aliphatic rings. The minimum Gasteiger partial charge on any atom is -0.486 e. The minimum absolute atomic E-state index is 0.135. The third-order valence-electron chi connectivity index (χ3n) is 4.24. The highest BCUT2D eigenvalue weighted by molar-refractivity contribution is 6.05. The maximum atomic E-state index is 12.7. The predicted molar refractivity (Wildman–Crippen MR) is 90.7 cm³/mol. The van der Waals surface area contributed by atoms with Crippen LogP contribution in [0.1, 0.15) is 19.8 Å². The number of nitrogens with zero attached hydrogens (tertiary/aromatic N) is 2. The summed E-state index contributed by atoms with van der Waals surface area (Å²) >= 11 is 0. The van der Waals surface area contributed by atoms with E-state index in [9.17, 15) is 4.79 Å². The zero-order chi connectivity index (χ0) is 16.4. The number of nitrogens with one attached hydrogen (secondary N) is 1. The van der Waals surface area contributed by atoms with Gasteiger partial charge in [-0.25, -0.2) is 0 Å². The zero-order valence-electron chi connectivity index (χ0n) is 14.1. The van der Waals surface area contributed by atoms with Crippen molar-refractivity contribution in [1.29, 1.82) is 0 Å². The summed E-state index contributed by atoms with van der Waals surface area (Å²) in [5.74, 6) is 1.60. The molecule has 0 saturated carbocycles. The van der Waals surface area contributed by atoms with Gasteiger partial charge in [-0.2, -0.15) is 0 Å². The van der Waals surface area contributed by atoms with Crippen LogP contribution < -0.4 is 19.7 Å². The van der Waals surface area contributed by atoms with Gasteiger partial charge in [-0.1, -0.05) is 6.92 Å². The van der Waals surface area contributed by atoms with E-state index in [4.69, 9.17) is 9.47 Å². The molecule has 2 aliphatic heterocycles. The molecule has 1 aromatic carbocycles. The van der Waals surface area contributed by atoms with E-state index in [0.29, 0.717) is 19.8 Å². The highest BCUT2D eigenvalue weighted by Gasteiger charge is 2.32. The smallest absolute Gasteiger partial charge is 0.249 e. The lowest BCUT2D eigenvalue weighted by atomic mass is 10.1. The molecule has 0 fully saturated rings. The Morgan fingerprint density at radius 1 is 1.26 bits per heavy atom. The van der Waals surface area contributed by atoms with E-state index < -0.39 is 0 Å². The Hall–Kier alpha value is -1.95. The molecule has 6 heteroatoms. The molecule has 1 N–H and O–H groups in total. The molecule has 1 atom stereocenters. The average molecular weight is 319 g/mol. The van der Waals surface area contributed by atoms with Gasteiger partial charge < -0.3 is 24.6 Å². The molecular formula is C17H25N3O3. The average Bonchev–Trinajstić information content (AvgIpc) is 2.54. The van der Waals surface area contributed by atoms with Crippen molar-refractivity contribution in [2.45, 2.75) is 25.8 Å². The van der Waals surface area contributed by atoms with Gasteiger partial charge in [0.2, 0.25) is 5.91 Å². The number of hydrogen-bond donors (Lipinski definition) is 1. The highest BCUT2D eigenvalue weighted by atomic mass is 16.6. The first-order valence-corrected chi connectivity index (χ1v) is 8.26. The molecule has 0 aromatic heterocycles. The first kappa shape index (κ1) is 15.9. The molecule has 1 aromatic rings. The van der Waals surface area contributed by atoms with Crippen molar-refractivity contribution in [1.82, 2.24) is 4.90 Å². The Bertz CT molecular complexity index is 589. The Morgan fingerprint density at radius 2 is 1.96 bits per heavy atom. The third kappa shape index (κ3) is 3.22. The number of carbonyl (C=O) groups excluding carboxylic acids is 1. The van der Waals surface area contributed by atoms with E-state index in [1.54, 1.807) is 0 Å². The van der Waals surface area contributed by atoms with Crippen LogP contribution in [0.4, 0.5) is 11.4 Å². The van der Waals surface area contributed by atoms with Gasteiger partial charge in [0.1, 0.15) is 19.3 Å². The second kappa shape index (κ2) is 6.66. The van der Waals surface area contributed by atoms with Crippen LogP contribution in [0, 0.1) is 0 Å². The molecule has 23 heavy (non-hydrogen) atoms. The van der Waals surface area contributed by atoms with Crippen LogP contribution >= 0.6 is 0 Å². The summed E-state index contributed by atoms with van der Waals surface area (Å²) in [6.45, 7) is 4.80. The number of hydrogen-bond acceptors (Lipinski definition) is 5. The van der Waals surface area contributed by atoms with E-state index in [-0.39, 0.29) is 11.9 Å². The summed E-state index contributed by atoms with van der Waals surface area (Å²) < 4.78 is 11.3. The second-order valence-electron chi connectivity index (χ2n) is 6.26. The quantitative estimate of drug-likeness (QED) is 0.899. The van der Waals surface area contributed by atoms with Crippen LogP contribution in [0.15, 0.2) is 12.1 Å². The standard InChI is InChI=1S/C17H25N3O3/c1-4-12-17(21)20(7-5-6-19(2)3)14-11-16-15(10-13(14)18-12)22-8-9-23-16/h10-12,18H,4-9H2,1-3H3. The summed E-state index contributed by atoms with van der Waals surface area (Å²) in [7, 11) is 4.09. The maximum Gasteiger partial charge on any atom is 0.249 e. The number of anilines is 2. The van der Waals surface area contributed by atoms with Crippen LogP contribution in [0.5, 0.6) is 11.5 Å². The summed E-state index contributed by atoms with van der Waals surface area (Å²) in [5, 5.41) is 3.34. The monoisotopic (exact) mass is 319 g/mol. The molecular weight excluding hydrogens is 294 g/mol. The normalized spacial score (nSPS) is 19.6. The molecule has 126 valence electrons. The highest BCUT2D eigenvalue weighted by Crippen LogP contribution is 2.42. The topological polar surface area (TPSA) is 54.0 Å². The number of benzene rings is 1. The molecule has 0 saturated heterocycles. The molecule has 0 bridgehead atoms. The molecule has 6 nitrogen and oxygen atoms in total. The van der Waals surface area contributed by atoms with Gasteiger partial charge in [0.25, 0.3) is 0 Å². The van der Waals surface area contributed by atoms with Gasteiger partial charge in [0, 0.05) is 18.7 Å². The molecule has 1 amide bonds. The molecule has 0 spiro atoms. The second-order valence-corrected chi connectivity index (χ2v) is 6.26. The van der Waals surface area contributed by atoms with Crippen LogP contribution in [0.3, 0.4) is 0 Å². The lowest BCUT2D eigenvalue weighted by Crippen LogP contribution is -2.47. The molecule has 0 radical (unpaired) electrons. The molecule has 2 heterocycles. The lowest BCUT2D eigenvalue weighted by Gasteiger charge is -2.36. The molecule has 3 rings (SSSR count). The Labute approximate surface area is 137 Å². The number of ether oxygens (including phenoxy) is 2. The zero-order valence-corrected chi connectivity index (χ0v) is 14.1. The number of carbonyl (C=O) groups is 1. The van der Waals surface area contributed by atoms with E-state index >= 15 is 0 Å². The fourth-order valence-electron chi connectivity index (χ4n) is 3.03. The number of amides is 1. The fourth-order valence-corrected chi connectivity index (χ4v) is 3.03. The fraction of sp³-hybridized carbons (Fsp3) is 0.588. The number of rotatable bonds is 5. The van der Waals surface area contributed by atoms with E-state index in [1.807, 2.05) is 38.1 Å². The van der Waals surface area contributed by atoms with E-state index in [0.717, 1.165) is 42.3 Å². The van der Waals surface area contributed by atoms with Crippen molar-refractivity contribution in [3.63, 3.8) is 0 Å². The van der Waals surface area contributed by atoms with Gasteiger partial charge >= 0.3 is 0 Å². The van der Waals surface area contributed by atoms with Crippen LogP contribution in [0.25, 0.3) is 0 Å².